The number of piperidine rings is 1. The third-order valence-electron chi connectivity index (χ3n) is 4.94. The smallest absolute Gasteiger partial charge is 0.336 e. The quantitative estimate of drug-likeness (QED) is 0.513. The van der Waals surface area contributed by atoms with Gasteiger partial charge in [0.1, 0.15) is 0 Å². The van der Waals surface area contributed by atoms with Crippen molar-refractivity contribution in [2.24, 2.45) is 0 Å². The molecule has 1 aromatic carbocycles. The number of carboxylic acids is 2. The number of Topliss-reactive ketones (excluding diaryl/α,β-unsaturated/α-hetero) is 1. The Kier molecular flexibility index (Phi) is 6.47. The fourth-order valence-electron chi connectivity index (χ4n) is 4.29. The van der Waals surface area contributed by atoms with E-state index in [0.717, 1.165) is 12.8 Å². The molecule has 1 aliphatic heterocycles. The molecule has 4 N–H and O–H groups in total. The lowest BCUT2D eigenvalue weighted by molar-refractivity contribution is -0.122. The van der Waals surface area contributed by atoms with Crippen molar-refractivity contribution in [1.82, 2.24) is 10.6 Å². The molecule has 0 spiro atoms. The van der Waals surface area contributed by atoms with E-state index in [-0.39, 0.29) is 52.6 Å². The molecule has 8 heteroatoms. The predicted octanol–water partition coefficient (Wildman–Crippen LogP) is 2.47. The number of hydrogen-bond acceptors (Lipinski definition) is 5. The first kappa shape index (κ1) is 22.5. The third-order valence-corrected chi connectivity index (χ3v) is 4.94. The molecular formula is C21H28N2O6. The fourth-order valence-corrected chi connectivity index (χ4v) is 4.29. The summed E-state index contributed by atoms with van der Waals surface area (Å²) in [7, 11) is 0. The lowest BCUT2D eigenvalue weighted by atomic mass is 9.79. The summed E-state index contributed by atoms with van der Waals surface area (Å²) in [4.78, 5) is 47.8. The van der Waals surface area contributed by atoms with Gasteiger partial charge in [0.15, 0.2) is 5.78 Å². The Morgan fingerprint density at radius 2 is 1.45 bits per heavy atom. The van der Waals surface area contributed by atoms with Crippen molar-refractivity contribution in [3.05, 3.63) is 34.9 Å². The summed E-state index contributed by atoms with van der Waals surface area (Å²) in [5.74, 6) is -3.77. The van der Waals surface area contributed by atoms with Gasteiger partial charge in [-0.1, -0.05) is 6.07 Å². The summed E-state index contributed by atoms with van der Waals surface area (Å²) >= 11 is 0. The molecule has 1 amide bonds. The predicted molar refractivity (Wildman–Crippen MR) is 106 cm³/mol. The van der Waals surface area contributed by atoms with Crippen molar-refractivity contribution >= 4 is 23.6 Å². The van der Waals surface area contributed by atoms with Crippen molar-refractivity contribution in [2.75, 3.05) is 0 Å². The van der Waals surface area contributed by atoms with Crippen LogP contribution in [0, 0.1) is 0 Å². The van der Waals surface area contributed by atoms with E-state index in [4.69, 9.17) is 0 Å². The van der Waals surface area contributed by atoms with Crippen LogP contribution in [0.25, 0.3) is 0 Å². The van der Waals surface area contributed by atoms with Gasteiger partial charge in [0.2, 0.25) is 5.91 Å². The van der Waals surface area contributed by atoms with Crippen LogP contribution in [0.3, 0.4) is 0 Å². The van der Waals surface area contributed by atoms with E-state index in [1.807, 2.05) is 0 Å². The van der Waals surface area contributed by atoms with Crippen LogP contribution >= 0.6 is 0 Å². The fraction of sp³-hybridized carbons (Fsp3) is 0.524. The topological polar surface area (TPSA) is 133 Å². The van der Waals surface area contributed by atoms with E-state index in [1.54, 1.807) is 0 Å². The highest BCUT2D eigenvalue weighted by Crippen LogP contribution is 2.28. The summed E-state index contributed by atoms with van der Waals surface area (Å²) in [5.41, 5.74) is -1.42. The monoisotopic (exact) mass is 404 g/mol. The van der Waals surface area contributed by atoms with Crippen molar-refractivity contribution < 1.29 is 29.4 Å². The Bertz CT molecular complexity index is 795. The molecule has 1 fully saturated rings. The highest BCUT2D eigenvalue weighted by Gasteiger charge is 2.38. The van der Waals surface area contributed by atoms with Crippen molar-refractivity contribution in [3.8, 4) is 0 Å². The SMILES string of the molecule is CC1(C)CC(NC(=O)CCC(=O)c2c(C(=O)O)cccc2C(=O)O)CC(C)(C)N1. The number of carbonyl (C=O) groups excluding carboxylic acids is 2. The van der Waals surface area contributed by atoms with Gasteiger partial charge in [-0.25, -0.2) is 9.59 Å². The van der Waals surface area contributed by atoms with Crippen molar-refractivity contribution in [3.63, 3.8) is 0 Å². The number of carboxylic acid groups (broad SMARTS) is 2. The van der Waals surface area contributed by atoms with Crippen LogP contribution in [0.2, 0.25) is 0 Å². The van der Waals surface area contributed by atoms with Gasteiger partial charge < -0.3 is 20.8 Å². The highest BCUT2D eigenvalue weighted by molar-refractivity contribution is 6.12. The van der Waals surface area contributed by atoms with Crippen molar-refractivity contribution in [2.45, 2.75) is 70.5 Å². The van der Waals surface area contributed by atoms with E-state index in [0.29, 0.717) is 0 Å². The molecule has 0 radical (unpaired) electrons. The Balaban J connectivity index is 2.07. The first-order chi connectivity index (χ1) is 13.3. The average molecular weight is 404 g/mol. The Labute approximate surface area is 169 Å². The zero-order chi connectivity index (χ0) is 22.0. The maximum atomic E-state index is 12.6. The number of aromatic carboxylic acids is 2. The van der Waals surface area contributed by atoms with Gasteiger partial charge in [-0.3, -0.25) is 9.59 Å². The zero-order valence-corrected chi connectivity index (χ0v) is 17.2. The van der Waals surface area contributed by atoms with Crippen molar-refractivity contribution in [1.29, 1.82) is 0 Å². The molecule has 0 aliphatic carbocycles. The average Bonchev–Trinajstić information content (AvgIpc) is 2.55. The molecule has 29 heavy (non-hydrogen) atoms. The first-order valence-corrected chi connectivity index (χ1v) is 9.53. The summed E-state index contributed by atoms with van der Waals surface area (Å²) in [6, 6.07) is 3.59. The molecule has 0 atom stereocenters. The van der Waals surface area contributed by atoms with E-state index >= 15 is 0 Å². The number of nitrogens with one attached hydrogen (secondary N) is 2. The normalized spacial score (nSPS) is 18.1. The number of benzene rings is 1. The number of rotatable bonds is 7. The lowest BCUT2D eigenvalue weighted by Gasteiger charge is -2.46. The van der Waals surface area contributed by atoms with Gasteiger partial charge >= 0.3 is 11.9 Å². The van der Waals surface area contributed by atoms with E-state index in [1.165, 1.54) is 18.2 Å². The van der Waals surface area contributed by atoms with Crippen LogP contribution in [0.4, 0.5) is 0 Å². The summed E-state index contributed by atoms with van der Waals surface area (Å²) < 4.78 is 0. The van der Waals surface area contributed by atoms with Crippen LogP contribution in [0.5, 0.6) is 0 Å². The van der Waals surface area contributed by atoms with Gasteiger partial charge in [0.25, 0.3) is 0 Å². The second-order valence-corrected chi connectivity index (χ2v) is 8.83. The molecule has 1 saturated heterocycles. The van der Waals surface area contributed by atoms with Gasteiger partial charge in [0.05, 0.1) is 11.1 Å². The molecule has 0 bridgehead atoms. The largest absolute Gasteiger partial charge is 0.478 e. The van der Waals surface area contributed by atoms with Crippen LogP contribution in [0.15, 0.2) is 18.2 Å². The molecule has 1 heterocycles. The summed E-state index contributed by atoms with van der Waals surface area (Å²) in [6.45, 7) is 8.25. The molecule has 8 nitrogen and oxygen atoms in total. The minimum atomic E-state index is -1.39. The minimum Gasteiger partial charge on any atom is -0.478 e. The third kappa shape index (κ3) is 5.87. The second-order valence-electron chi connectivity index (χ2n) is 8.83. The number of amides is 1. The summed E-state index contributed by atoms with van der Waals surface area (Å²) in [6.07, 6.45) is 1.06. The van der Waals surface area contributed by atoms with Crippen LogP contribution in [0.1, 0.15) is 84.5 Å². The van der Waals surface area contributed by atoms with Gasteiger partial charge in [-0.05, 0) is 52.7 Å². The Hall–Kier alpha value is -2.74. The van der Waals surface area contributed by atoms with Crippen LogP contribution in [-0.2, 0) is 4.79 Å². The lowest BCUT2D eigenvalue weighted by Crippen LogP contribution is -2.62. The van der Waals surface area contributed by atoms with Gasteiger partial charge in [-0.15, -0.1) is 0 Å². The van der Waals surface area contributed by atoms with Crippen LogP contribution in [-0.4, -0.2) is 51.0 Å². The highest BCUT2D eigenvalue weighted by atomic mass is 16.4. The minimum absolute atomic E-state index is 0.0512. The Morgan fingerprint density at radius 3 is 1.90 bits per heavy atom. The zero-order valence-electron chi connectivity index (χ0n) is 17.2. The molecular weight excluding hydrogens is 376 g/mol. The first-order valence-electron chi connectivity index (χ1n) is 9.53. The maximum Gasteiger partial charge on any atom is 0.336 e. The van der Waals surface area contributed by atoms with E-state index in [2.05, 4.69) is 38.3 Å². The molecule has 2 rings (SSSR count). The van der Waals surface area contributed by atoms with E-state index < -0.39 is 17.7 Å². The van der Waals surface area contributed by atoms with E-state index in [9.17, 15) is 29.4 Å². The van der Waals surface area contributed by atoms with Gasteiger partial charge in [-0.2, -0.15) is 0 Å². The maximum absolute atomic E-state index is 12.6. The molecule has 0 saturated carbocycles. The molecule has 1 aliphatic rings. The van der Waals surface area contributed by atoms with Gasteiger partial charge in [0, 0.05) is 35.5 Å². The number of carbonyl (C=O) groups is 4. The Morgan fingerprint density at radius 1 is 0.966 bits per heavy atom. The second kappa shape index (κ2) is 8.32. The molecule has 1 aromatic rings. The molecule has 0 unspecified atom stereocenters. The standard InChI is InChI=1S/C21H28N2O6/c1-20(2)10-12(11-21(3,4)23-20)22-16(25)9-8-15(24)17-13(18(26)27)6-5-7-14(17)19(28)29/h5-7,12,23H,8-11H2,1-4H3,(H,22,25)(H,26,27)(H,28,29). The number of ketones is 1. The molecule has 158 valence electrons. The number of hydrogen-bond donors (Lipinski definition) is 4. The summed E-state index contributed by atoms with van der Waals surface area (Å²) in [5, 5.41) is 25.0. The molecule has 0 aromatic heterocycles. The van der Waals surface area contributed by atoms with Crippen LogP contribution < -0.4 is 10.6 Å².